The molecule has 4 aromatic rings. The minimum atomic E-state index is -0.400. The van der Waals surface area contributed by atoms with Crippen molar-refractivity contribution < 1.29 is 18.7 Å². The van der Waals surface area contributed by atoms with E-state index in [9.17, 15) is 4.79 Å². The Morgan fingerprint density at radius 1 is 0.931 bits per heavy atom. The third-order valence-electron chi connectivity index (χ3n) is 4.32. The number of anilines is 2. The van der Waals surface area contributed by atoms with Crippen LogP contribution in [-0.2, 0) is 0 Å². The van der Waals surface area contributed by atoms with Gasteiger partial charge in [0.05, 0.1) is 19.9 Å². The van der Waals surface area contributed by atoms with E-state index in [1.165, 1.54) is 7.11 Å². The molecule has 4 rings (SSSR count). The maximum Gasteiger partial charge on any atom is 0.323 e. The highest BCUT2D eigenvalue weighted by Gasteiger charge is 2.11. The van der Waals surface area contributed by atoms with Crippen LogP contribution in [0, 0.1) is 0 Å². The first-order chi connectivity index (χ1) is 14.2. The van der Waals surface area contributed by atoms with Crippen molar-refractivity contribution in [1.29, 1.82) is 0 Å². The zero-order valence-corrected chi connectivity index (χ0v) is 15.9. The van der Waals surface area contributed by atoms with Gasteiger partial charge in [-0.05, 0) is 42.5 Å². The van der Waals surface area contributed by atoms with E-state index in [1.54, 1.807) is 37.4 Å². The van der Waals surface area contributed by atoms with Crippen molar-refractivity contribution >= 4 is 28.5 Å². The lowest BCUT2D eigenvalue weighted by molar-refractivity contribution is 0.262. The molecule has 0 aliphatic heterocycles. The smallest absolute Gasteiger partial charge is 0.323 e. The minimum absolute atomic E-state index is 0.400. The van der Waals surface area contributed by atoms with Crippen molar-refractivity contribution in [2.45, 2.75) is 0 Å². The molecule has 1 aromatic heterocycles. The molecule has 29 heavy (non-hydrogen) atoms. The van der Waals surface area contributed by atoms with Crippen molar-refractivity contribution in [3.05, 3.63) is 66.7 Å². The van der Waals surface area contributed by atoms with Crippen LogP contribution in [0.5, 0.6) is 11.5 Å². The molecule has 0 atom stereocenters. The van der Waals surface area contributed by atoms with Crippen LogP contribution in [0.25, 0.3) is 22.6 Å². The Morgan fingerprint density at radius 3 is 2.59 bits per heavy atom. The molecular formula is C22H19N3O4. The summed E-state index contributed by atoms with van der Waals surface area (Å²) in [4.78, 5) is 16.9. The number of ether oxygens (including phenoxy) is 2. The minimum Gasteiger partial charge on any atom is -0.497 e. The van der Waals surface area contributed by atoms with E-state index in [-0.39, 0.29) is 0 Å². The first-order valence-corrected chi connectivity index (χ1v) is 8.92. The first kappa shape index (κ1) is 18.4. The van der Waals surface area contributed by atoms with Gasteiger partial charge in [-0.25, -0.2) is 9.78 Å². The molecule has 0 saturated carbocycles. The number of benzene rings is 3. The number of nitrogens with one attached hydrogen (secondary N) is 2. The molecule has 0 bridgehead atoms. The third-order valence-corrected chi connectivity index (χ3v) is 4.32. The number of oxazole rings is 1. The molecule has 0 radical (unpaired) electrons. The van der Waals surface area contributed by atoms with Gasteiger partial charge in [0.25, 0.3) is 0 Å². The fourth-order valence-electron chi connectivity index (χ4n) is 2.91. The standard InChI is InChI=1S/C22H19N3O4/c1-27-16-10-11-18(20(13-16)28-2)25-22(26)23-15-7-5-6-14(12-15)21-24-17-8-3-4-9-19(17)29-21/h3-13H,1-2H3,(H2,23,25,26). The predicted molar refractivity (Wildman–Crippen MR) is 112 cm³/mol. The second kappa shape index (κ2) is 7.93. The normalized spacial score (nSPS) is 10.6. The van der Waals surface area contributed by atoms with Crippen LogP contribution < -0.4 is 20.1 Å². The van der Waals surface area contributed by atoms with Crippen LogP contribution >= 0.6 is 0 Å². The third kappa shape index (κ3) is 3.98. The lowest BCUT2D eigenvalue weighted by Gasteiger charge is -2.12. The molecular weight excluding hydrogens is 370 g/mol. The summed E-state index contributed by atoms with van der Waals surface area (Å²) < 4.78 is 16.3. The maximum absolute atomic E-state index is 12.4. The number of fused-ring (bicyclic) bond motifs is 1. The monoisotopic (exact) mass is 389 g/mol. The number of carbonyl (C=O) groups is 1. The van der Waals surface area contributed by atoms with Crippen LogP contribution in [0.3, 0.4) is 0 Å². The molecule has 0 saturated heterocycles. The summed E-state index contributed by atoms with van der Waals surface area (Å²) >= 11 is 0. The Bertz CT molecular complexity index is 1140. The topological polar surface area (TPSA) is 85.6 Å². The number of nitrogens with zero attached hydrogens (tertiary/aromatic N) is 1. The fraction of sp³-hybridized carbons (Fsp3) is 0.0909. The molecule has 7 heteroatoms. The van der Waals surface area contributed by atoms with Gasteiger partial charge < -0.3 is 24.5 Å². The number of amides is 2. The summed E-state index contributed by atoms with van der Waals surface area (Å²) in [6, 6.07) is 19.6. The molecule has 1 heterocycles. The Balaban J connectivity index is 1.51. The van der Waals surface area contributed by atoms with Crippen molar-refractivity contribution in [2.24, 2.45) is 0 Å². The SMILES string of the molecule is COc1ccc(NC(=O)Nc2cccc(-c3nc4ccccc4o3)c2)c(OC)c1. The van der Waals surface area contributed by atoms with Gasteiger partial charge in [-0.2, -0.15) is 0 Å². The van der Waals surface area contributed by atoms with Crippen molar-refractivity contribution in [2.75, 3.05) is 24.9 Å². The summed E-state index contributed by atoms with van der Waals surface area (Å²) in [5, 5.41) is 5.58. The molecule has 3 aromatic carbocycles. The lowest BCUT2D eigenvalue weighted by atomic mass is 10.2. The fourth-order valence-corrected chi connectivity index (χ4v) is 2.91. The lowest BCUT2D eigenvalue weighted by Crippen LogP contribution is -2.19. The molecule has 0 aliphatic carbocycles. The van der Waals surface area contributed by atoms with Crippen LogP contribution in [0.15, 0.2) is 71.1 Å². The molecule has 0 aliphatic rings. The van der Waals surface area contributed by atoms with Gasteiger partial charge in [0.1, 0.15) is 17.0 Å². The first-order valence-electron chi connectivity index (χ1n) is 8.92. The van der Waals surface area contributed by atoms with Crippen molar-refractivity contribution in [1.82, 2.24) is 4.98 Å². The van der Waals surface area contributed by atoms with Gasteiger partial charge in [-0.15, -0.1) is 0 Å². The zero-order chi connectivity index (χ0) is 20.2. The van der Waals surface area contributed by atoms with Gasteiger partial charge >= 0.3 is 6.03 Å². The number of methoxy groups -OCH3 is 2. The van der Waals surface area contributed by atoms with E-state index in [2.05, 4.69) is 15.6 Å². The second-order valence-corrected chi connectivity index (χ2v) is 6.21. The van der Waals surface area contributed by atoms with Crippen LogP contribution in [-0.4, -0.2) is 25.2 Å². The van der Waals surface area contributed by atoms with E-state index in [4.69, 9.17) is 13.9 Å². The highest BCUT2D eigenvalue weighted by Crippen LogP contribution is 2.29. The van der Waals surface area contributed by atoms with Crippen molar-refractivity contribution in [3.8, 4) is 23.0 Å². The summed E-state index contributed by atoms with van der Waals surface area (Å²) in [6.45, 7) is 0. The largest absolute Gasteiger partial charge is 0.497 e. The summed E-state index contributed by atoms with van der Waals surface area (Å²) in [6.07, 6.45) is 0. The number of hydrogen-bond acceptors (Lipinski definition) is 5. The molecule has 0 fully saturated rings. The Hall–Kier alpha value is -4.00. The Kier molecular flexibility index (Phi) is 5.03. The number of carbonyl (C=O) groups excluding carboxylic acids is 1. The maximum atomic E-state index is 12.4. The van der Waals surface area contributed by atoms with Gasteiger partial charge in [0.2, 0.25) is 5.89 Å². The van der Waals surface area contributed by atoms with Crippen molar-refractivity contribution in [3.63, 3.8) is 0 Å². The molecule has 2 N–H and O–H groups in total. The number of aromatic nitrogens is 1. The molecule has 7 nitrogen and oxygen atoms in total. The summed E-state index contributed by atoms with van der Waals surface area (Å²) in [5.41, 5.74) is 3.40. The predicted octanol–water partition coefficient (Wildman–Crippen LogP) is 5.16. The number of para-hydroxylation sites is 2. The zero-order valence-electron chi connectivity index (χ0n) is 15.9. The quantitative estimate of drug-likeness (QED) is 0.493. The van der Waals surface area contributed by atoms with E-state index in [0.717, 1.165) is 11.1 Å². The van der Waals surface area contributed by atoms with Gasteiger partial charge in [0.15, 0.2) is 5.58 Å². The highest BCUT2D eigenvalue weighted by molar-refractivity contribution is 6.01. The average molecular weight is 389 g/mol. The molecule has 0 spiro atoms. The van der Waals surface area contributed by atoms with E-state index < -0.39 is 6.03 Å². The molecule has 0 unspecified atom stereocenters. The molecule has 146 valence electrons. The second-order valence-electron chi connectivity index (χ2n) is 6.21. The van der Waals surface area contributed by atoms with Gasteiger partial charge in [0, 0.05) is 17.3 Å². The molecule has 2 amide bonds. The van der Waals surface area contributed by atoms with E-state index >= 15 is 0 Å². The van der Waals surface area contributed by atoms with Gasteiger partial charge in [-0.3, -0.25) is 0 Å². The number of urea groups is 1. The number of rotatable bonds is 5. The average Bonchev–Trinajstić information content (AvgIpc) is 3.18. The summed E-state index contributed by atoms with van der Waals surface area (Å²) in [7, 11) is 3.10. The Morgan fingerprint density at radius 2 is 1.79 bits per heavy atom. The Labute approximate surface area is 167 Å². The van der Waals surface area contributed by atoms with Gasteiger partial charge in [-0.1, -0.05) is 18.2 Å². The van der Waals surface area contributed by atoms with E-state index in [0.29, 0.717) is 34.3 Å². The highest BCUT2D eigenvalue weighted by atomic mass is 16.5. The van der Waals surface area contributed by atoms with Crippen LogP contribution in [0.4, 0.5) is 16.2 Å². The van der Waals surface area contributed by atoms with Crippen LogP contribution in [0.2, 0.25) is 0 Å². The van der Waals surface area contributed by atoms with Crippen LogP contribution in [0.1, 0.15) is 0 Å². The number of hydrogen-bond donors (Lipinski definition) is 2. The summed E-state index contributed by atoms with van der Waals surface area (Å²) in [5.74, 6) is 1.63. The van der Waals surface area contributed by atoms with E-state index in [1.807, 2.05) is 36.4 Å².